The molecule has 1 aromatic carbocycles. The molecule has 7 heteroatoms. The first-order valence-corrected chi connectivity index (χ1v) is 7.64. The Balaban J connectivity index is 1.81. The molecule has 1 aromatic heterocycles. The molecule has 6 nitrogen and oxygen atoms in total. The maximum atomic E-state index is 12.0. The average molecular weight is 306 g/mol. The number of aliphatic hydroxyl groups excluding tert-OH is 1. The second-order valence-electron chi connectivity index (χ2n) is 4.46. The minimum absolute atomic E-state index is 0.101. The Bertz CT molecular complexity index is 583. The van der Waals surface area contributed by atoms with Gasteiger partial charge in [-0.1, -0.05) is 0 Å². The van der Waals surface area contributed by atoms with Crippen molar-refractivity contribution in [2.24, 2.45) is 7.05 Å². The molecule has 2 rings (SSSR count). The minimum atomic E-state index is -0.101. The average Bonchev–Trinajstić information content (AvgIpc) is 2.91. The first-order chi connectivity index (χ1) is 10.2. The van der Waals surface area contributed by atoms with Gasteiger partial charge in [0.05, 0.1) is 6.61 Å². The highest BCUT2D eigenvalue weighted by Gasteiger charge is 2.06. The second-order valence-corrected chi connectivity index (χ2v) is 5.63. The van der Waals surface area contributed by atoms with Gasteiger partial charge >= 0.3 is 0 Å². The van der Waals surface area contributed by atoms with E-state index in [1.54, 1.807) is 30.2 Å². The van der Waals surface area contributed by atoms with Gasteiger partial charge < -0.3 is 15.0 Å². The number of thioether (sulfide) groups is 1. The summed E-state index contributed by atoms with van der Waals surface area (Å²) >= 11 is 1.56. The monoisotopic (exact) mass is 306 g/mol. The van der Waals surface area contributed by atoms with E-state index in [1.165, 1.54) is 0 Å². The molecule has 0 aliphatic carbocycles. The largest absolute Gasteiger partial charge is 0.396 e. The maximum absolute atomic E-state index is 12.0. The first kappa shape index (κ1) is 15.5. The van der Waals surface area contributed by atoms with Crippen LogP contribution < -0.4 is 5.32 Å². The number of benzene rings is 1. The van der Waals surface area contributed by atoms with Gasteiger partial charge in [0.25, 0.3) is 5.91 Å². The van der Waals surface area contributed by atoms with Crippen molar-refractivity contribution in [3.8, 4) is 0 Å². The zero-order valence-electron chi connectivity index (χ0n) is 11.8. The molecule has 0 atom stereocenters. The lowest BCUT2D eigenvalue weighted by Gasteiger charge is -2.06. The molecule has 112 valence electrons. The highest BCUT2D eigenvalue weighted by molar-refractivity contribution is 7.99. The van der Waals surface area contributed by atoms with Crippen LogP contribution in [0.15, 0.2) is 35.5 Å². The molecular formula is C14H18N4O2S. The normalized spacial score (nSPS) is 10.6. The Hall–Kier alpha value is -1.86. The number of nitrogens with one attached hydrogen (secondary N) is 1. The Morgan fingerprint density at radius 3 is 2.76 bits per heavy atom. The van der Waals surface area contributed by atoms with E-state index < -0.39 is 0 Å². The molecule has 0 bridgehead atoms. The molecule has 2 aromatic rings. The number of rotatable bonds is 7. The van der Waals surface area contributed by atoms with Crippen LogP contribution in [0.5, 0.6) is 0 Å². The quantitative estimate of drug-likeness (QED) is 0.742. The summed E-state index contributed by atoms with van der Waals surface area (Å²) in [4.78, 5) is 13.0. The summed E-state index contributed by atoms with van der Waals surface area (Å²) in [5.74, 6) is 1.39. The molecular weight excluding hydrogens is 288 g/mol. The molecule has 0 unspecified atom stereocenters. The molecule has 0 radical (unpaired) electrons. The molecule has 0 aliphatic heterocycles. The van der Waals surface area contributed by atoms with E-state index in [4.69, 9.17) is 5.11 Å². The Morgan fingerprint density at radius 2 is 2.14 bits per heavy atom. The minimum Gasteiger partial charge on any atom is -0.396 e. The zero-order chi connectivity index (χ0) is 15.1. The van der Waals surface area contributed by atoms with Gasteiger partial charge in [-0.25, -0.2) is 0 Å². The lowest BCUT2D eigenvalue weighted by atomic mass is 10.2. The lowest BCUT2D eigenvalue weighted by Crippen LogP contribution is -2.26. The molecule has 0 saturated heterocycles. The van der Waals surface area contributed by atoms with Crippen molar-refractivity contribution in [1.29, 1.82) is 0 Å². The number of nitrogens with zero attached hydrogens (tertiary/aromatic N) is 3. The van der Waals surface area contributed by atoms with E-state index in [1.807, 2.05) is 23.7 Å². The number of aryl methyl sites for hydroxylation is 1. The van der Waals surface area contributed by atoms with Gasteiger partial charge in [-0.2, -0.15) is 0 Å². The number of carbonyl (C=O) groups is 1. The molecule has 21 heavy (non-hydrogen) atoms. The number of aliphatic hydroxyl groups is 1. The first-order valence-electron chi connectivity index (χ1n) is 6.65. The molecule has 0 spiro atoms. The zero-order valence-corrected chi connectivity index (χ0v) is 12.6. The van der Waals surface area contributed by atoms with Crippen LogP contribution in [0.25, 0.3) is 0 Å². The van der Waals surface area contributed by atoms with Gasteiger partial charge in [-0.15, -0.1) is 22.0 Å². The molecule has 1 heterocycles. The fraction of sp³-hybridized carbons (Fsp3) is 0.357. The number of hydrogen-bond acceptors (Lipinski definition) is 5. The summed E-state index contributed by atoms with van der Waals surface area (Å²) in [7, 11) is 1.87. The van der Waals surface area contributed by atoms with Crippen LogP contribution in [0, 0.1) is 0 Å². The summed E-state index contributed by atoms with van der Waals surface area (Å²) in [6.07, 6.45) is 2.28. The summed E-state index contributed by atoms with van der Waals surface area (Å²) in [5.41, 5.74) is 0.626. The van der Waals surface area contributed by atoms with Gasteiger partial charge in [0.2, 0.25) is 0 Å². The Kier molecular flexibility index (Phi) is 5.77. The predicted octanol–water partition coefficient (Wildman–Crippen LogP) is 0.872. The van der Waals surface area contributed by atoms with E-state index in [0.717, 1.165) is 10.7 Å². The second kappa shape index (κ2) is 7.80. The van der Waals surface area contributed by atoms with Crippen LogP contribution in [0.4, 0.5) is 0 Å². The van der Waals surface area contributed by atoms with Crippen molar-refractivity contribution in [2.45, 2.75) is 11.3 Å². The fourth-order valence-electron chi connectivity index (χ4n) is 1.79. The van der Waals surface area contributed by atoms with Crippen molar-refractivity contribution < 1.29 is 9.90 Å². The molecule has 0 aliphatic rings. The van der Waals surface area contributed by atoms with Gasteiger partial charge in [-0.05, 0) is 24.3 Å². The van der Waals surface area contributed by atoms with Gasteiger partial charge in [0.15, 0.2) is 0 Å². The van der Waals surface area contributed by atoms with Gasteiger partial charge in [0.1, 0.15) is 12.2 Å². The van der Waals surface area contributed by atoms with Crippen LogP contribution in [-0.2, 0) is 13.5 Å². The number of amides is 1. The Morgan fingerprint density at radius 1 is 1.38 bits per heavy atom. The fourth-order valence-corrected chi connectivity index (χ4v) is 2.44. The highest BCUT2D eigenvalue weighted by Crippen LogP contribution is 2.17. The summed E-state index contributed by atoms with van der Waals surface area (Å²) in [5, 5.41) is 19.4. The number of carbonyl (C=O) groups excluding carboxylic acids is 1. The van der Waals surface area contributed by atoms with Crippen molar-refractivity contribution in [3.63, 3.8) is 0 Å². The van der Waals surface area contributed by atoms with Crippen LogP contribution in [-0.4, -0.2) is 44.7 Å². The third-order valence-electron chi connectivity index (χ3n) is 2.92. The van der Waals surface area contributed by atoms with Crippen molar-refractivity contribution in [3.05, 3.63) is 42.0 Å². The van der Waals surface area contributed by atoms with E-state index in [2.05, 4.69) is 15.5 Å². The van der Waals surface area contributed by atoms with E-state index in [9.17, 15) is 4.79 Å². The predicted molar refractivity (Wildman–Crippen MR) is 81.3 cm³/mol. The Labute approximate surface area is 127 Å². The molecule has 0 fully saturated rings. The number of hydrogen-bond donors (Lipinski definition) is 2. The van der Waals surface area contributed by atoms with Gasteiger partial charge in [0, 0.05) is 36.2 Å². The topological polar surface area (TPSA) is 80.0 Å². The highest BCUT2D eigenvalue weighted by atomic mass is 32.2. The van der Waals surface area contributed by atoms with E-state index in [0.29, 0.717) is 24.3 Å². The third kappa shape index (κ3) is 4.57. The SMILES string of the molecule is Cn1cnnc1CCNC(=O)c1ccc(SCCO)cc1. The van der Waals surface area contributed by atoms with Crippen molar-refractivity contribution in [2.75, 3.05) is 18.9 Å². The lowest BCUT2D eigenvalue weighted by molar-refractivity contribution is 0.0954. The van der Waals surface area contributed by atoms with Crippen molar-refractivity contribution in [1.82, 2.24) is 20.1 Å². The van der Waals surface area contributed by atoms with Crippen LogP contribution in [0.1, 0.15) is 16.2 Å². The van der Waals surface area contributed by atoms with Crippen LogP contribution in [0.3, 0.4) is 0 Å². The van der Waals surface area contributed by atoms with Crippen LogP contribution in [0.2, 0.25) is 0 Å². The summed E-state index contributed by atoms with van der Waals surface area (Å²) in [6, 6.07) is 7.35. The summed E-state index contributed by atoms with van der Waals surface area (Å²) in [6.45, 7) is 0.668. The summed E-state index contributed by atoms with van der Waals surface area (Å²) < 4.78 is 1.83. The van der Waals surface area contributed by atoms with E-state index in [-0.39, 0.29) is 12.5 Å². The molecule has 0 saturated carbocycles. The third-order valence-corrected chi connectivity index (χ3v) is 3.91. The smallest absolute Gasteiger partial charge is 0.251 e. The maximum Gasteiger partial charge on any atom is 0.251 e. The van der Waals surface area contributed by atoms with E-state index >= 15 is 0 Å². The molecule has 1 amide bonds. The standard InChI is InChI=1S/C14H18N4O2S/c1-18-10-16-17-13(18)6-7-15-14(20)11-2-4-12(5-3-11)21-9-8-19/h2-5,10,19H,6-9H2,1H3,(H,15,20). The van der Waals surface area contributed by atoms with Gasteiger partial charge in [-0.3, -0.25) is 4.79 Å². The number of aromatic nitrogens is 3. The van der Waals surface area contributed by atoms with Crippen LogP contribution >= 0.6 is 11.8 Å². The molecule has 2 N–H and O–H groups in total. The van der Waals surface area contributed by atoms with Crippen molar-refractivity contribution >= 4 is 17.7 Å².